The van der Waals surface area contributed by atoms with Crippen LogP contribution in [0.4, 0.5) is 26.7 Å². The number of aromatic nitrogens is 5. The lowest BCUT2D eigenvalue weighted by atomic mass is 9.75. The Hall–Kier alpha value is -4.61. The van der Waals surface area contributed by atoms with Gasteiger partial charge in [-0.15, -0.1) is 0 Å². The fourth-order valence-corrected chi connectivity index (χ4v) is 7.05. The summed E-state index contributed by atoms with van der Waals surface area (Å²) < 4.78 is 78.9. The van der Waals surface area contributed by atoms with E-state index in [4.69, 9.17) is 22.1 Å². The van der Waals surface area contributed by atoms with Crippen molar-refractivity contribution in [1.82, 2.24) is 40.1 Å². The summed E-state index contributed by atoms with van der Waals surface area (Å²) in [6.45, 7) is 5.10. The molecule has 2 aliphatic carbocycles. The molecule has 4 N–H and O–H groups in total. The maximum atomic E-state index is 16.0. The molecular weight excluding hydrogens is 725 g/mol. The van der Waals surface area contributed by atoms with Gasteiger partial charge in [0.05, 0.1) is 29.0 Å². The number of benzene rings is 2. The number of ether oxygens (including phenoxy) is 1. The number of carbonyl (C=O) groups excluding carboxylic acids is 2. The fourth-order valence-electron chi connectivity index (χ4n) is 6.86. The van der Waals surface area contributed by atoms with E-state index in [1.54, 1.807) is 29.2 Å². The number of nitrogens with zero attached hydrogens (tertiary/aromatic N) is 6. The average molecular weight is 762 g/mol. The fraction of sp³-hybridized carbons (Fsp3) is 0.457. The molecule has 53 heavy (non-hydrogen) atoms. The summed E-state index contributed by atoms with van der Waals surface area (Å²) in [4.78, 5) is 32.5. The number of hydrogen-bond acceptors (Lipinski definition) is 8. The van der Waals surface area contributed by atoms with Crippen LogP contribution in [0.2, 0.25) is 5.02 Å². The predicted molar refractivity (Wildman–Crippen MR) is 182 cm³/mol. The minimum atomic E-state index is -3.07. The quantitative estimate of drug-likeness (QED) is 0.150. The first-order valence-electron chi connectivity index (χ1n) is 17.0. The van der Waals surface area contributed by atoms with Crippen molar-refractivity contribution in [3.63, 3.8) is 0 Å². The lowest BCUT2D eigenvalue weighted by molar-refractivity contribution is -0.137. The van der Waals surface area contributed by atoms with Crippen LogP contribution in [-0.2, 0) is 15.1 Å². The lowest BCUT2D eigenvalue weighted by Crippen LogP contribution is -2.49. The van der Waals surface area contributed by atoms with Crippen molar-refractivity contribution in [2.45, 2.75) is 88.8 Å². The highest BCUT2D eigenvalue weighted by Crippen LogP contribution is 2.45. The molecule has 4 aromatic rings. The molecule has 1 aliphatic heterocycles. The molecular formula is C35H37ClF5N9O3. The van der Waals surface area contributed by atoms with Gasteiger partial charge in [0, 0.05) is 23.7 Å². The molecule has 2 saturated carbocycles. The second kappa shape index (κ2) is 13.4. The normalized spacial score (nSPS) is 23.1. The lowest BCUT2D eigenvalue weighted by Gasteiger charge is -2.35. The van der Waals surface area contributed by atoms with Crippen molar-refractivity contribution in [2.75, 3.05) is 6.61 Å². The third-order valence-corrected chi connectivity index (χ3v) is 9.88. The molecule has 18 heteroatoms. The van der Waals surface area contributed by atoms with Gasteiger partial charge in [0.25, 0.3) is 18.3 Å². The SMILES string of the molecule is CC(C)(C)C[C@]1(c2ccc(-c3cnn(C4CC4)c3)c(F)c2)NC(N)N([C@H](COC(=O)NC2CC2(F)F)c2ccc(Cl)c(-n3ncnc3C(F)F)c2)C1=O. The van der Waals surface area contributed by atoms with Gasteiger partial charge in [-0.3, -0.25) is 20.5 Å². The molecule has 3 heterocycles. The van der Waals surface area contributed by atoms with E-state index in [9.17, 15) is 27.2 Å². The zero-order valence-corrected chi connectivity index (χ0v) is 29.6. The van der Waals surface area contributed by atoms with Crippen molar-refractivity contribution >= 4 is 23.6 Å². The first-order chi connectivity index (χ1) is 25.0. The highest BCUT2D eigenvalue weighted by molar-refractivity contribution is 6.32. The Morgan fingerprint density at radius 1 is 1.17 bits per heavy atom. The topological polar surface area (TPSA) is 145 Å². The van der Waals surface area contributed by atoms with E-state index in [0.29, 0.717) is 17.2 Å². The van der Waals surface area contributed by atoms with E-state index in [2.05, 4.69) is 25.8 Å². The predicted octanol–water partition coefficient (Wildman–Crippen LogP) is 6.38. The van der Waals surface area contributed by atoms with E-state index >= 15 is 4.39 Å². The Labute approximate surface area is 305 Å². The Bertz CT molecular complexity index is 2050. The van der Waals surface area contributed by atoms with Gasteiger partial charge >= 0.3 is 6.09 Å². The summed E-state index contributed by atoms with van der Waals surface area (Å²) in [6.07, 6.45) is 0.441. The summed E-state index contributed by atoms with van der Waals surface area (Å²) >= 11 is 6.44. The monoisotopic (exact) mass is 761 g/mol. The van der Waals surface area contributed by atoms with Gasteiger partial charge in [0.15, 0.2) is 5.82 Å². The van der Waals surface area contributed by atoms with Crippen molar-refractivity contribution in [2.24, 2.45) is 11.1 Å². The van der Waals surface area contributed by atoms with E-state index < -0.39 is 78.3 Å². The number of hydrogen-bond donors (Lipinski definition) is 3. The molecule has 2 aromatic heterocycles. The number of rotatable bonds is 11. The maximum absolute atomic E-state index is 16.0. The van der Waals surface area contributed by atoms with E-state index in [1.807, 2.05) is 20.8 Å². The standard InChI is InChI=1S/C35H37ClF5N9O3/c1-33(2,3)16-34(20-5-8-22(24(37)11-20)19-13-44-48(14-19)21-6-7-21)30(51)49(31(42)47-34)26(15-53-32(52)46-27-12-35(27,40)41)18-4-9-23(36)25(10-18)50-29(28(38)39)43-17-45-50/h4-5,8-11,13-14,17,21,26-28,31,47H,6-7,12,15-16,42H2,1-3H3,(H,46,52)/t26-,27?,31?,34-/m1/s1. The summed E-state index contributed by atoms with van der Waals surface area (Å²) in [7, 11) is 0. The number of alkyl carbamates (subject to hydrolysis) is 1. The largest absolute Gasteiger partial charge is 0.447 e. The van der Waals surface area contributed by atoms with Gasteiger partial charge < -0.3 is 15.0 Å². The average Bonchev–Trinajstić information content (AvgIpc) is 3.81. The Morgan fingerprint density at radius 3 is 2.55 bits per heavy atom. The maximum Gasteiger partial charge on any atom is 0.407 e. The van der Waals surface area contributed by atoms with Crippen LogP contribution in [0.1, 0.15) is 81.9 Å². The summed E-state index contributed by atoms with van der Waals surface area (Å²) in [5.41, 5.74) is 5.88. The minimum absolute atomic E-state index is 0.00465. The third-order valence-electron chi connectivity index (χ3n) is 9.56. The Morgan fingerprint density at radius 2 is 1.91 bits per heavy atom. The first kappa shape index (κ1) is 36.7. The molecule has 3 fully saturated rings. The summed E-state index contributed by atoms with van der Waals surface area (Å²) in [5, 5.41) is 13.5. The van der Waals surface area contributed by atoms with Crippen molar-refractivity contribution in [3.05, 3.63) is 82.9 Å². The van der Waals surface area contributed by atoms with Gasteiger partial charge in [-0.25, -0.2) is 36.4 Å². The third kappa shape index (κ3) is 7.21. The van der Waals surface area contributed by atoms with Crippen LogP contribution in [0, 0.1) is 11.2 Å². The molecule has 3 aliphatic rings. The molecule has 0 bridgehead atoms. The molecule has 282 valence electrons. The first-order valence-corrected chi connectivity index (χ1v) is 17.3. The summed E-state index contributed by atoms with van der Waals surface area (Å²) in [5.74, 6) is -4.98. The number of alkyl halides is 4. The van der Waals surface area contributed by atoms with E-state index in [-0.39, 0.29) is 28.3 Å². The highest BCUT2D eigenvalue weighted by Gasteiger charge is 2.58. The molecule has 7 rings (SSSR count). The van der Waals surface area contributed by atoms with Crippen LogP contribution in [-0.4, -0.2) is 66.3 Å². The second-order valence-corrected chi connectivity index (χ2v) is 15.3. The van der Waals surface area contributed by atoms with Crippen LogP contribution in [0.15, 0.2) is 55.1 Å². The molecule has 2 amide bonds. The number of carbonyl (C=O) groups is 2. The van der Waals surface area contributed by atoms with Crippen LogP contribution in [0.25, 0.3) is 16.8 Å². The van der Waals surface area contributed by atoms with Gasteiger partial charge in [0.1, 0.15) is 36.6 Å². The highest BCUT2D eigenvalue weighted by atomic mass is 35.5. The molecule has 12 nitrogen and oxygen atoms in total. The van der Waals surface area contributed by atoms with Crippen molar-refractivity contribution < 1.29 is 36.3 Å². The van der Waals surface area contributed by atoms with Crippen LogP contribution >= 0.6 is 11.6 Å². The molecule has 2 aromatic carbocycles. The van der Waals surface area contributed by atoms with Crippen LogP contribution in [0.3, 0.4) is 0 Å². The number of amides is 2. The Kier molecular flexibility index (Phi) is 9.26. The van der Waals surface area contributed by atoms with Gasteiger partial charge in [-0.2, -0.15) is 10.2 Å². The molecule has 2 unspecified atom stereocenters. The van der Waals surface area contributed by atoms with Gasteiger partial charge in [-0.1, -0.05) is 50.6 Å². The number of nitrogens with one attached hydrogen (secondary N) is 2. The molecule has 1 saturated heterocycles. The minimum Gasteiger partial charge on any atom is -0.447 e. The van der Waals surface area contributed by atoms with Crippen molar-refractivity contribution in [3.8, 4) is 16.8 Å². The smallest absolute Gasteiger partial charge is 0.407 e. The summed E-state index contributed by atoms with van der Waals surface area (Å²) in [6, 6.07) is 6.38. The zero-order chi connectivity index (χ0) is 38.0. The molecule has 0 spiro atoms. The number of nitrogens with two attached hydrogens (primary N) is 1. The zero-order valence-electron chi connectivity index (χ0n) is 28.9. The second-order valence-electron chi connectivity index (χ2n) is 14.9. The van der Waals surface area contributed by atoms with E-state index in [1.165, 1.54) is 29.2 Å². The number of halogens is 6. The van der Waals surface area contributed by atoms with Crippen LogP contribution in [0.5, 0.6) is 0 Å². The van der Waals surface area contributed by atoms with Gasteiger partial charge in [0.2, 0.25) is 0 Å². The Balaban J connectivity index is 1.27. The molecule has 0 radical (unpaired) electrons. The molecule has 4 atom stereocenters. The van der Waals surface area contributed by atoms with Crippen molar-refractivity contribution in [1.29, 1.82) is 0 Å². The van der Waals surface area contributed by atoms with E-state index in [0.717, 1.165) is 23.9 Å². The van der Waals surface area contributed by atoms with Crippen LogP contribution < -0.4 is 16.4 Å². The van der Waals surface area contributed by atoms with Gasteiger partial charge in [-0.05, 0) is 54.0 Å².